The van der Waals surface area contributed by atoms with Crippen LogP contribution in [0.5, 0.6) is 0 Å². The first-order valence-electron chi connectivity index (χ1n) is 9.19. The SMILES string of the molecule is CCCCOC(=O)CSc1nnc(-c2ccc(F)cc2)n1Cc1ccccc1. The number of carbonyl (C=O) groups excluding carboxylic acids is 1. The fraction of sp³-hybridized carbons (Fsp3) is 0.286. The molecule has 0 aliphatic rings. The van der Waals surface area contributed by atoms with Gasteiger partial charge in [0, 0.05) is 5.56 Å². The number of carbonyl (C=O) groups is 1. The molecule has 1 heterocycles. The maximum Gasteiger partial charge on any atom is 0.316 e. The van der Waals surface area contributed by atoms with Crippen molar-refractivity contribution < 1.29 is 13.9 Å². The second-order valence-electron chi connectivity index (χ2n) is 6.25. The summed E-state index contributed by atoms with van der Waals surface area (Å²) in [6.07, 6.45) is 1.84. The summed E-state index contributed by atoms with van der Waals surface area (Å²) in [6.45, 7) is 3.03. The number of thioether (sulfide) groups is 1. The smallest absolute Gasteiger partial charge is 0.316 e. The van der Waals surface area contributed by atoms with Crippen LogP contribution >= 0.6 is 11.8 Å². The monoisotopic (exact) mass is 399 g/mol. The second kappa shape index (κ2) is 10.0. The number of rotatable bonds is 9. The molecular weight excluding hydrogens is 377 g/mol. The van der Waals surface area contributed by atoms with Crippen molar-refractivity contribution in [3.63, 3.8) is 0 Å². The molecular formula is C21H22FN3O2S. The van der Waals surface area contributed by atoms with Crippen molar-refractivity contribution in [2.24, 2.45) is 0 Å². The summed E-state index contributed by atoms with van der Waals surface area (Å²) >= 11 is 1.29. The summed E-state index contributed by atoms with van der Waals surface area (Å²) in [7, 11) is 0. The third-order valence-electron chi connectivity index (χ3n) is 4.08. The number of nitrogens with zero attached hydrogens (tertiary/aromatic N) is 3. The van der Waals surface area contributed by atoms with E-state index in [9.17, 15) is 9.18 Å². The predicted molar refractivity (Wildman–Crippen MR) is 108 cm³/mol. The highest BCUT2D eigenvalue weighted by Gasteiger charge is 2.16. The Morgan fingerprint density at radius 3 is 2.57 bits per heavy atom. The molecule has 0 bridgehead atoms. The summed E-state index contributed by atoms with van der Waals surface area (Å²) in [5, 5.41) is 9.16. The first-order chi connectivity index (χ1) is 13.7. The van der Waals surface area contributed by atoms with Crippen molar-refractivity contribution in [3.05, 3.63) is 66.0 Å². The Bertz CT molecular complexity index is 898. The highest BCUT2D eigenvalue weighted by molar-refractivity contribution is 7.99. The molecule has 146 valence electrons. The molecule has 0 saturated heterocycles. The van der Waals surface area contributed by atoms with Crippen molar-refractivity contribution >= 4 is 17.7 Å². The third kappa shape index (κ3) is 5.42. The number of benzene rings is 2. The minimum absolute atomic E-state index is 0.167. The van der Waals surface area contributed by atoms with Crippen molar-refractivity contribution in [1.82, 2.24) is 14.8 Å². The molecule has 0 radical (unpaired) electrons. The molecule has 7 heteroatoms. The Morgan fingerprint density at radius 2 is 1.86 bits per heavy atom. The highest BCUT2D eigenvalue weighted by Crippen LogP contribution is 2.25. The summed E-state index contributed by atoms with van der Waals surface area (Å²) < 4.78 is 20.4. The first kappa shape index (κ1) is 20.1. The van der Waals surface area contributed by atoms with Gasteiger partial charge in [0.1, 0.15) is 5.82 Å². The lowest BCUT2D eigenvalue weighted by Crippen LogP contribution is -2.10. The van der Waals surface area contributed by atoms with Crippen LogP contribution in [0.25, 0.3) is 11.4 Å². The molecule has 5 nitrogen and oxygen atoms in total. The van der Waals surface area contributed by atoms with Crippen LogP contribution in [0.3, 0.4) is 0 Å². The first-order valence-corrected chi connectivity index (χ1v) is 10.2. The molecule has 0 spiro atoms. The third-order valence-corrected chi connectivity index (χ3v) is 5.02. The maximum absolute atomic E-state index is 13.3. The van der Waals surface area contributed by atoms with Crippen LogP contribution in [-0.4, -0.2) is 33.1 Å². The minimum Gasteiger partial charge on any atom is -0.465 e. The maximum atomic E-state index is 13.3. The number of hydrogen-bond acceptors (Lipinski definition) is 5. The van der Waals surface area contributed by atoms with Crippen LogP contribution in [0.1, 0.15) is 25.3 Å². The molecule has 0 N–H and O–H groups in total. The summed E-state index contributed by atoms with van der Waals surface area (Å²) in [4.78, 5) is 11.9. The Kier molecular flexibility index (Phi) is 7.19. The van der Waals surface area contributed by atoms with E-state index in [1.54, 1.807) is 12.1 Å². The summed E-state index contributed by atoms with van der Waals surface area (Å²) in [5.41, 5.74) is 1.85. The van der Waals surface area contributed by atoms with Gasteiger partial charge in [0.15, 0.2) is 11.0 Å². The van der Waals surface area contributed by atoms with Crippen molar-refractivity contribution in [3.8, 4) is 11.4 Å². The molecule has 0 aliphatic heterocycles. The lowest BCUT2D eigenvalue weighted by molar-refractivity contribution is -0.140. The van der Waals surface area contributed by atoms with Gasteiger partial charge in [0.2, 0.25) is 0 Å². The van der Waals surface area contributed by atoms with E-state index in [-0.39, 0.29) is 17.5 Å². The van der Waals surface area contributed by atoms with E-state index < -0.39 is 0 Å². The van der Waals surface area contributed by atoms with Gasteiger partial charge in [-0.05, 0) is 36.2 Å². The number of hydrogen-bond donors (Lipinski definition) is 0. The molecule has 0 aliphatic carbocycles. The van der Waals surface area contributed by atoms with E-state index in [0.29, 0.717) is 24.1 Å². The summed E-state index contributed by atoms with van der Waals surface area (Å²) in [6, 6.07) is 16.1. The van der Waals surface area contributed by atoms with Gasteiger partial charge in [-0.25, -0.2) is 4.39 Å². The standard InChI is InChI=1S/C21H22FN3O2S/c1-2-3-13-27-19(26)15-28-21-24-23-20(17-9-11-18(22)12-10-17)25(21)14-16-7-5-4-6-8-16/h4-12H,2-3,13-15H2,1H3. The molecule has 3 aromatic rings. The number of aromatic nitrogens is 3. The van der Waals surface area contributed by atoms with Gasteiger partial charge in [0.05, 0.1) is 18.9 Å². The Balaban J connectivity index is 1.81. The van der Waals surface area contributed by atoms with E-state index in [4.69, 9.17) is 4.74 Å². The van der Waals surface area contributed by atoms with Gasteiger partial charge in [-0.3, -0.25) is 9.36 Å². The molecule has 28 heavy (non-hydrogen) atoms. The van der Waals surface area contributed by atoms with Crippen LogP contribution in [-0.2, 0) is 16.1 Å². The zero-order chi connectivity index (χ0) is 19.8. The van der Waals surface area contributed by atoms with Crippen LogP contribution < -0.4 is 0 Å². The van der Waals surface area contributed by atoms with Crippen molar-refractivity contribution in [1.29, 1.82) is 0 Å². The Labute approximate surface area is 167 Å². The quantitative estimate of drug-likeness (QED) is 0.300. The Hall–Kier alpha value is -2.67. The van der Waals surface area contributed by atoms with E-state index in [1.807, 2.05) is 41.8 Å². The number of esters is 1. The second-order valence-corrected chi connectivity index (χ2v) is 7.19. The van der Waals surface area contributed by atoms with E-state index in [2.05, 4.69) is 10.2 Å². The normalized spacial score (nSPS) is 10.8. The van der Waals surface area contributed by atoms with E-state index in [1.165, 1.54) is 23.9 Å². The van der Waals surface area contributed by atoms with Gasteiger partial charge < -0.3 is 4.74 Å². The van der Waals surface area contributed by atoms with Crippen molar-refractivity contribution in [2.75, 3.05) is 12.4 Å². The van der Waals surface area contributed by atoms with Crippen LogP contribution in [0.4, 0.5) is 4.39 Å². The molecule has 1 aromatic heterocycles. The topological polar surface area (TPSA) is 57.0 Å². The summed E-state index contributed by atoms with van der Waals surface area (Å²) in [5.74, 6) is 0.226. The van der Waals surface area contributed by atoms with Gasteiger partial charge >= 0.3 is 5.97 Å². The highest BCUT2D eigenvalue weighted by atomic mass is 32.2. The van der Waals surface area contributed by atoms with Crippen LogP contribution in [0, 0.1) is 5.82 Å². The number of ether oxygens (including phenoxy) is 1. The lowest BCUT2D eigenvalue weighted by atomic mass is 10.2. The largest absolute Gasteiger partial charge is 0.465 e. The predicted octanol–water partition coefficient (Wildman–Crippen LogP) is 4.57. The molecule has 0 saturated carbocycles. The van der Waals surface area contributed by atoms with Crippen molar-refractivity contribution in [2.45, 2.75) is 31.5 Å². The molecule has 0 amide bonds. The molecule has 0 fully saturated rings. The van der Waals surface area contributed by atoms with Gasteiger partial charge in [-0.1, -0.05) is 55.4 Å². The average Bonchev–Trinajstić information content (AvgIpc) is 3.10. The lowest BCUT2D eigenvalue weighted by Gasteiger charge is -2.10. The van der Waals surface area contributed by atoms with E-state index in [0.717, 1.165) is 24.0 Å². The zero-order valence-electron chi connectivity index (χ0n) is 15.7. The molecule has 0 atom stereocenters. The van der Waals surface area contributed by atoms with Gasteiger partial charge in [-0.2, -0.15) is 0 Å². The van der Waals surface area contributed by atoms with Crippen LogP contribution in [0.15, 0.2) is 59.8 Å². The molecule has 0 unspecified atom stereocenters. The zero-order valence-corrected chi connectivity index (χ0v) is 16.5. The molecule has 2 aromatic carbocycles. The van der Waals surface area contributed by atoms with E-state index >= 15 is 0 Å². The fourth-order valence-electron chi connectivity index (χ4n) is 2.61. The molecule has 3 rings (SSSR count). The Morgan fingerprint density at radius 1 is 1.11 bits per heavy atom. The van der Waals surface area contributed by atoms with Gasteiger partial charge in [0.25, 0.3) is 0 Å². The number of unbranched alkanes of at least 4 members (excludes halogenated alkanes) is 1. The fourth-order valence-corrected chi connectivity index (χ4v) is 3.35. The van der Waals surface area contributed by atoms with Crippen LogP contribution in [0.2, 0.25) is 0 Å². The minimum atomic E-state index is -0.303. The number of halogens is 1. The van der Waals surface area contributed by atoms with Gasteiger partial charge in [-0.15, -0.1) is 10.2 Å². The average molecular weight is 399 g/mol.